The summed E-state index contributed by atoms with van der Waals surface area (Å²) in [6.45, 7) is 4.62. The van der Waals surface area contributed by atoms with E-state index in [9.17, 15) is 0 Å². The van der Waals surface area contributed by atoms with E-state index in [0.29, 0.717) is 0 Å². The molecule has 4 aliphatic rings. The zero-order chi connectivity index (χ0) is 39.3. The minimum absolute atomic E-state index is 0.181. The third-order valence-corrected chi connectivity index (χ3v) is 5.89. The Balaban J connectivity index is -0.0000000649. The number of nitrogens with zero attached hydrogens (tertiary/aromatic N) is 4. The summed E-state index contributed by atoms with van der Waals surface area (Å²) in [6, 6.07) is 0.983. The van der Waals surface area contributed by atoms with Crippen molar-refractivity contribution in [3.05, 3.63) is 33.4 Å². The van der Waals surface area contributed by atoms with E-state index in [1.54, 1.807) is 0 Å². The molecule has 3 saturated heterocycles. The molecule has 0 radical (unpaired) electrons. The third-order valence-electron chi connectivity index (χ3n) is 5.89. The van der Waals surface area contributed by atoms with Gasteiger partial charge in [0, 0.05) is 54.9 Å². The number of piperidine rings is 3. The normalized spacial score (nSPS) is 21.0. The van der Waals surface area contributed by atoms with Gasteiger partial charge in [0.1, 0.15) is 0 Å². The van der Waals surface area contributed by atoms with Crippen LogP contribution >= 0.6 is 40.8 Å². The van der Waals surface area contributed by atoms with Gasteiger partial charge in [0.15, 0.2) is 0 Å². The summed E-state index contributed by atoms with van der Waals surface area (Å²) >= 11 is 13.4. The molecule has 0 aromatic rings. The second-order valence-electron chi connectivity index (χ2n) is 8.62. The van der Waals surface area contributed by atoms with Gasteiger partial charge in [-0.3, -0.25) is 0 Å². The van der Waals surface area contributed by atoms with Gasteiger partial charge in [0.25, 0.3) is 0 Å². The molecule has 8 N–H and O–H groups in total. The van der Waals surface area contributed by atoms with Gasteiger partial charge in [0.05, 0.1) is 0 Å². The summed E-state index contributed by atoms with van der Waals surface area (Å²) in [5.41, 5.74) is 0. The van der Waals surface area contributed by atoms with Crippen LogP contribution in [0.5, 0.6) is 0 Å². The first-order valence-corrected chi connectivity index (χ1v) is 20.2. The van der Waals surface area contributed by atoms with Gasteiger partial charge < -0.3 is 62.1 Å². The van der Waals surface area contributed by atoms with Crippen molar-refractivity contribution in [2.24, 2.45) is 0 Å². The maximum atomic E-state index is 8.60. The van der Waals surface area contributed by atoms with Gasteiger partial charge in [0.2, 0.25) is 0 Å². The summed E-state index contributed by atoms with van der Waals surface area (Å²) in [5.74, 6) is 0. The van der Waals surface area contributed by atoms with Crippen LogP contribution in [-0.4, -0.2) is 146 Å². The molecule has 4 rings (SSSR count). The molecular formula is C28H62Cl4N4Ni4O8-4. The molecule has 3 fully saturated rings. The molecule has 4 heterocycles. The number of aliphatic hydroxyl groups is 8. The Bertz CT molecular complexity index is 433. The number of hydrogen-bond donors (Lipinski definition) is 8. The van der Waals surface area contributed by atoms with E-state index in [1.807, 2.05) is 6.08 Å². The van der Waals surface area contributed by atoms with Gasteiger partial charge in [-0.05, 0) is 6.42 Å². The van der Waals surface area contributed by atoms with Crippen LogP contribution < -0.4 is 0 Å². The zero-order valence-corrected chi connectivity index (χ0v) is 35.3. The quantitative estimate of drug-likeness (QED) is 0.147. The van der Waals surface area contributed by atoms with Crippen LogP contribution in [0.3, 0.4) is 0 Å². The second kappa shape index (κ2) is 78.5. The number of rotatable bonds is 4. The first kappa shape index (κ1) is 68.4. The fraction of sp³-hybridized carbons (Fsp3) is 0.929. The molecule has 0 aromatic heterocycles. The van der Waals surface area contributed by atoms with Crippen LogP contribution in [-0.2, 0) is 58.3 Å². The molecule has 4 atom stereocenters. The Kier molecular flexibility index (Phi) is 112. The van der Waals surface area contributed by atoms with E-state index in [1.165, 1.54) is 38.5 Å². The molecule has 0 aliphatic carbocycles. The average Bonchev–Trinajstić information content (AvgIpc) is 3.25. The average molecular weight is 959 g/mol. The first-order valence-electron chi connectivity index (χ1n) is 14.7. The zero-order valence-electron chi connectivity index (χ0n) is 28.3. The fourth-order valence-electron chi connectivity index (χ4n) is 3.76. The molecular weight excluding hydrogens is 897 g/mol. The van der Waals surface area contributed by atoms with E-state index < -0.39 is 0 Å². The Morgan fingerprint density at radius 2 is 0.708 bits per heavy atom. The van der Waals surface area contributed by atoms with Crippen molar-refractivity contribution in [3.8, 4) is 0 Å². The molecule has 4 unspecified atom stereocenters. The van der Waals surface area contributed by atoms with Gasteiger partial charge in [-0.2, -0.15) is 0 Å². The predicted molar refractivity (Wildman–Crippen MR) is 188 cm³/mol. The third kappa shape index (κ3) is 60.5. The standard InChI is InChI=1S/3C6H12NO.C6H10NO.4CH4O.4ClH.4Ni/c4*8-5-6-3-1-2-4-7-6;4*1-2;;;;;;;;/h3*6,8H,1-5H2;1-2,6,8H,3-5H2;4*2H,1H3;4*1H;;;;/q4*-1;;;;;;;;;4*+1/p-4. The summed E-state index contributed by atoms with van der Waals surface area (Å²) in [5, 5.41) is 79.1. The Morgan fingerprint density at radius 1 is 0.438 bits per heavy atom. The number of aliphatic hydroxyl groups excluding tert-OH is 8. The molecule has 0 aromatic carbocycles. The van der Waals surface area contributed by atoms with Crippen LogP contribution in [0.25, 0.3) is 21.3 Å². The van der Waals surface area contributed by atoms with Crippen LogP contribution in [0.15, 0.2) is 12.2 Å². The van der Waals surface area contributed by atoms with Crippen molar-refractivity contribution in [2.75, 3.05) is 81.0 Å². The predicted octanol–water partition coefficient (Wildman–Crippen LogP) is 4.58. The Morgan fingerprint density at radius 3 is 0.833 bits per heavy atom. The topological polar surface area (TPSA) is 218 Å². The van der Waals surface area contributed by atoms with Crippen molar-refractivity contribution >= 4 is 40.8 Å². The van der Waals surface area contributed by atoms with Gasteiger partial charge in [-0.15, -0.1) is 56.4 Å². The molecule has 20 heteroatoms. The van der Waals surface area contributed by atoms with Crippen molar-refractivity contribution in [2.45, 2.75) is 88.4 Å². The maximum absolute atomic E-state index is 8.60. The molecule has 0 bridgehead atoms. The SMILES string of the molecule is CO.CO.CO.CO.OCC1CC=CC[N-]1.OCC1CCCC[N-]1.OCC1CCCC[N-]1.OCC1CCCC[N-]1.[Cl][Ni].[Cl][Ni].[Cl][Ni].[Cl][Ni]. The summed E-state index contributed by atoms with van der Waals surface area (Å²) in [6.07, 6.45) is 15.7. The monoisotopic (exact) mass is 954 g/mol. The minimum atomic E-state index is 0.181. The van der Waals surface area contributed by atoms with Crippen LogP contribution in [0.2, 0.25) is 0 Å². The fourth-order valence-corrected chi connectivity index (χ4v) is 3.76. The van der Waals surface area contributed by atoms with Crippen molar-refractivity contribution < 1.29 is 99.1 Å². The van der Waals surface area contributed by atoms with Gasteiger partial charge in [-0.25, -0.2) is 0 Å². The van der Waals surface area contributed by atoms with Gasteiger partial charge in [-0.1, -0.05) is 63.9 Å². The van der Waals surface area contributed by atoms with E-state index >= 15 is 0 Å². The van der Waals surface area contributed by atoms with E-state index in [0.717, 1.165) is 80.3 Å². The molecule has 12 nitrogen and oxygen atoms in total. The Hall–Kier alpha value is 2.39. The van der Waals surface area contributed by atoms with Crippen LogP contribution in [0, 0.1) is 0 Å². The van der Waals surface area contributed by atoms with Crippen molar-refractivity contribution in [1.29, 1.82) is 0 Å². The molecule has 0 amide bonds. The van der Waals surface area contributed by atoms with Crippen LogP contribution in [0.1, 0.15) is 64.2 Å². The van der Waals surface area contributed by atoms with E-state index in [2.05, 4.69) is 126 Å². The second-order valence-corrected chi connectivity index (χ2v) is 8.62. The van der Waals surface area contributed by atoms with Crippen LogP contribution in [0.4, 0.5) is 0 Å². The summed E-state index contributed by atoms with van der Waals surface area (Å²) in [7, 11) is 21.1. The molecule has 4 aliphatic heterocycles. The van der Waals surface area contributed by atoms with E-state index in [4.69, 9.17) is 40.9 Å². The Labute approximate surface area is 340 Å². The number of halogens is 4. The first-order chi connectivity index (χ1) is 23.7. The number of hydrogen-bond acceptors (Lipinski definition) is 8. The molecule has 314 valence electrons. The molecule has 0 saturated carbocycles. The van der Waals surface area contributed by atoms with Crippen molar-refractivity contribution in [3.63, 3.8) is 0 Å². The summed E-state index contributed by atoms with van der Waals surface area (Å²) in [4.78, 5) is 0. The molecule has 48 heavy (non-hydrogen) atoms. The van der Waals surface area contributed by atoms with Crippen molar-refractivity contribution in [1.82, 2.24) is 0 Å². The van der Waals surface area contributed by atoms with Gasteiger partial charge >= 0.3 is 99.1 Å². The molecule has 0 spiro atoms. The van der Waals surface area contributed by atoms with E-state index in [-0.39, 0.29) is 50.6 Å². The summed E-state index contributed by atoms with van der Waals surface area (Å²) < 4.78 is 0.